The van der Waals surface area contributed by atoms with Crippen LogP contribution in [-0.4, -0.2) is 17.2 Å². The van der Waals surface area contributed by atoms with Crippen LogP contribution in [0.5, 0.6) is 0 Å². The second-order valence-corrected chi connectivity index (χ2v) is 6.96. The van der Waals surface area contributed by atoms with Gasteiger partial charge in [-0.05, 0) is 30.5 Å². The molecule has 0 radical (unpaired) electrons. The summed E-state index contributed by atoms with van der Waals surface area (Å²) in [4.78, 5) is 10.8. The van der Waals surface area contributed by atoms with Crippen LogP contribution in [0.15, 0.2) is 28.7 Å². The van der Waals surface area contributed by atoms with E-state index in [1.165, 1.54) is 32.1 Å². The van der Waals surface area contributed by atoms with Gasteiger partial charge < -0.3 is 9.84 Å². The maximum atomic E-state index is 10.8. The van der Waals surface area contributed by atoms with Crippen molar-refractivity contribution in [3.8, 4) is 0 Å². The fourth-order valence-electron chi connectivity index (χ4n) is 2.54. The van der Waals surface area contributed by atoms with Gasteiger partial charge in [-0.2, -0.15) is 0 Å². The largest absolute Gasteiger partial charge is 0.481 e. The van der Waals surface area contributed by atoms with Crippen molar-refractivity contribution in [2.24, 2.45) is 0 Å². The molecule has 23 heavy (non-hydrogen) atoms. The predicted octanol–water partition coefficient (Wildman–Crippen LogP) is 5.95. The van der Waals surface area contributed by atoms with Crippen LogP contribution in [0, 0.1) is 0 Å². The highest BCUT2D eigenvalue weighted by molar-refractivity contribution is 9.10. The normalized spacial score (nSPS) is 12.3. The SMILES string of the molecule is CCCCCCCCC(CCC(=O)O)OCc1ccc(Br)cc1. The van der Waals surface area contributed by atoms with Crippen molar-refractivity contribution in [2.45, 2.75) is 77.4 Å². The summed E-state index contributed by atoms with van der Waals surface area (Å²) < 4.78 is 7.02. The number of rotatable bonds is 13. The zero-order chi connectivity index (χ0) is 16.9. The summed E-state index contributed by atoms with van der Waals surface area (Å²) in [5.41, 5.74) is 1.12. The van der Waals surface area contributed by atoms with Crippen LogP contribution in [0.25, 0.3) is 0 Å². The van der Waals surface area contributed by atoms with Crippen molar-refractivity contribution in [1.82, 2.24) is 0 Å². The van der Waals surface area contributed by atoms with E-state index in [1.807, 2.05) is 24.3 Å². The molecule has 1 N–H and O–H groups in total. The number of ether oxygens (including phenoxy) is 1. The minimum absolute atomic E-state index is 0.0425. The van der Waals surface area contributed by atoms with Gasteiger partial charge in [-0.25, -0.2) is 0 Å². The van der Waals surface area contributed by atoms with Gasteiger partial charge in [-0.3, -0.25) is 4.79 Å². The Morgan fingerprint density at radius 2 is 1.74 bits per heavy atom. The van der Waals surface area contributed by atoms with Crippen molar-refractivity contribution in [2.75, 3.05) is 0 Å². The lowest BCUT2D eigenvalue weighted by molar-refractivity contribution is -0.138. The highest BCUT2D eigenvalue weighted by Crippen LogP contribution is 2.17. The van der Waals surface area contributed by atoms with Gasteiger partial charge in [0.05, 0.1) is 12.7 Å². The summed E-state index contributed by atoms with van der Waals surface area (Å²) >= 11 is 3.42. The molecule has 0 aliphatic rings. The molecule has 0 aliphatic heterocycles. The van der Waals surface area contributed by atoms with Crippen LogP contribution >= 0.6 is 15.9 Å². The maximum Gasteiger partial charge on any atom is 0.303 e. The van der Waals surface area contributed by atoms with Gasteiger partial charge in [0.2, 0.25) is 0 Å². The van der Waals surface area contributed by atoms with Crippen LogP contribution in [0.3, 0.4) is 0 Å². The van der Waals surface area contributed by atoms with E-state index in [0.29, 0.717) is 13.0 Å². The van der Waals surface area contributed by atoms with Crippen molar-refractivity contribution >= 4 is 21.9 Å². The quantitative estimate of drug-likeness (QED) is 0.427. The Morgan fingerprint density at radius 1 is 1.09 bits per heavy atom. The first-order valence-electron chi connectivity index (χ1n) is 8.69. The number of aliphatic carboxylic acids is 1. The Labute approximate surface area is 148 Å². The maximum absolute atomic E-state index is 10.8. The number of halogens is 1. The molecular formula is C19H29BrO3. The van der Waals surface area contributed by atoms with Crippen molar-refractivity contribution < 1.29 is 14.6 Å². The Hall–Kier alpha value is -0.870. The summed E-state index contributed by atoms with van der Waals surface area (Å²) in [6.07, 6.45) is 9.25. The van der Waals surface area contributed by atoms with Crippen molar-refractivity contribution in [3.05, 3.63) is 34.3 Å². The van der Waals surface area contributed by atoms with Crippen LogP contribution in [0.2, 0.25) is 0 Å². The summed E-state index contributed by atoms with van der Waals surface area (Å²) in [6.45, 7) is 2.77. The zero-order valence-corrected chi connectivity index (χ0v) is 15.7. The van der Waals surface area contributed by atoms with Gasteiger partial charge in [0.25, 0.3) is 0 Å². The Bertz CT molecular complexity index is 431. The standard InChI is InChI=1S/C19H29BrO3/c1-2-3-4-5-6-7-8-18(13-14-19(21)22)23-15-16-9-11-17(20)12-10-16/h9-12,18H,2-8,13-15H2,1H3,(H,21,22). The third-order valence-corrected chi connectivity index (χ3v) is 4.49. The van der Waals surface area contributed by atoms with Gasteiger partial charge in [0.15, 0.2) is 0 Å². The lowest BCUT2D eigenvalue weighted by Gasteiger charge is -2.17. The summed E-state index contributed by atoms with van der Waals surface area (Å²) in [7, 11) is 0. The van der Waals surface area contributed by atoms with E-state index in [9.17, 15) is 4.79 Å². The van der Waals surface area contributed by atoms with Crippen molar-refractivity contribution in [3.63, 3.8) is 0 Å². The van der Waals surface area contributed by atoms with E-state index in [2.05, 4.69) is 22.9 Å². The lowest BCUT2D eigenvalue weighted by atomic mass is 10.0. The van der Waals surface area contributed by atoms with E-state index in [4.69, 9.17) is 9.84 Å². The Kier molecular flexibility index (Phi) is 11.0. The Morgan fingerprint density at radius 3 is 2.39 bits per heavy atom. The predicted molar refractivity (Wildman–Crippen MR) is 97.6 cm³/mol. The zero-order valence-electron chi connectivity index (χ0n) is 14.1. The first kappa shape index (κ1) is 20.2. The van der Waals surface area contributed by atoms with E-state index in [1.54, 1.807) is 0 Å². The third kappa shape index (κ3) is 10.5. The second kappa shape index (κ2) is 12.5. The topological polar surface area (TPSA) is 46.5 Å². The number of benzene rings is 1. The second-order valence-electron chi connectivity index (χ2n) is 6.05. The van der Waals surface area contributed by atoms with Crippen LogP contribution < -0.4 is 0 Å². The van der Waals surface area contributed by atoms with Gasteiger partial charge in [-0.15, -0.1) is 0 Å². The number of carboxylic acid groups (broad SMARTS) is 1. The van der Waals surface area contributed by atoms with Crippen LogP contribution in [0.1, 0.15) is 70.3 Å². The number of hydrogen-bond donors (Lipinski definition) is 1. The summed E-state index contributed by atoms with van der Waals surface area (Å²) in [5, 5.41) is 8.89. The number of hydrogen-bond acceptors (Lipinski definition) is 2. The highest BCUT2D eigenvalue weighted by Gasteiger charge is 2.11. The first-order valence-corrected chi connectivity index (χ1v) is 9.49. The molecule has 0 saturated heterocycles. The monoisotopic (exact) mass is 384 g/mol. The molecule has 1 aromatic rings. The van der Waals surface area contributed by atoms with E-state index in [0.717, 1.165) is 22.9 Å². The molecular weight excluding hydrogens is 356 g/mol. The van der Waals surface area contributed by atoms with E-state index in [-0.39, 0.29) is 12.5 Å². The summed E-state index contributed by atoms with van der Waals surface area (Å²) in [6, 6.07) is 8.06. The molecule has 3 nitrogen and oxygen atoms in total. The molecule has 0 amide bonds. The molecule has 1 unspecified atom stereocenters. The minimum Gasteiger partial charge on any atom is -0.481 e. The number of unbranched alkanes of at least 4 members (excludes halogenated alkanes) is 5. The molecule has 0 aromatic heterocycles. The average molecular weight is 385 g/mol. The van der Waals surface area contributed by atoms with Crippen molar-refractivity contribution in [1.29, 1.82) is 0 Å². The molecule has 0 bridgehead atoms. The average Bonchev–Trinajstić information content (AvgIpc) is 2.54. The first-order chi connectivity index (χ1) is 11.1. The summed E-state index contributed by atoms with van der Waals surface area (Å²) in [5.74, 6) is -0.745. The molecule has 1 aromatic carbocycles. The molecule has 0 fully saturated rings. The number of carboxylic acids is 1. The van der Waals surface area contributed by atoms with E-state index >= 15 is 0 Å². The minimum atomic E-state index is -0.745. The van der Waals surface area contributed by atoms with E-state index < -0.39 is 5.97 Å². The fraction of sp³-hybridized carbons (Fsp3) is 0.632. The molecule has 0 aliphatic carbocycles. The highest BCUT2D eigenvalue weighted by atomic mass is 79.9. The Balaban J connectivity index is 2.32. The molecule has 0 spiro atoms. The van der Waals surface area contributed by atoms with Gasteiger partial charge in [0.1, 0.15) is 0 Å². The number of carbonyl (C=O) groups is 1. The molecule has 1 rings (SSSR count). The van der Waals surface area contributed by atoms with Crippen LogP contribution in [0.4, 0.5) is 0 Å². The third-order valence-electron chi connectivity index (χ3n) is 3.96. The lowest BCUT2D eigenvalue weighted by Crippen LogP contribution is -2.15. The molecule has 0 heterocycles. The smallest absolute Gasteiger partial charge is 0.303 e. The van der Waals surface area contributed by atoms with Gasteiger partial charge >= 0.3 is 5.97 Å². The van der Waals surface area contributed by atoms with Gasteiger partial charge in [0, 0.05) is 10.9 Å². The fourth-order valence-corrected chi connectivity index (χ4v) is 2.81. The molecule has 0 saturated carbocycles. The van der Waals surface area contributed by atoms with Crippen LogP contribution in [-0.2, 0) is 16.1 Å². The molecule has 4 heteroatoms. The van der Waals surface area contributed by atoms with Gasteiger partial charge in [-0.1, -0.05) is 73.5 Å². The molecule has 1 atom stereocenters. The molecule has 130 valence electrons.